The second-order valence-electron chi connectivity index (χ2n) is 5.00. The molecule has 0 spiro atoms. The molecule has 1 aromatic carbocycles. The minimum Gasteiger partial charge on any atom is -0.466 e. The van der Waals surface area contributed by atoms with E-state index in [0.717, 1.165) is 12.2 Å². The highest BCUT2D eigenvalue weighted by Gasteiger charge is 2.11. The van der Waals surface area contributed by atoms with Crippen molar-refractivity contribution in [3.05, 3.63) is 41.0 Å². The number of benzene rings is 1. The van der Waals surface area contributed by atoms with Crippen molar-refractivity contribution in [3.8, 4) is 11.6 Å². The SMILES string of the molecule is CN(C)CCNC(=O)COc1nn(-c2ccccc2)cc1Br. The van der Waals surface area contributed by atoms with E-state index < -0.39 is 0 Å². The summed E-state index contributed by atoms with van der Waals surface area (Å²) in [6, 6.07) is 9.69. The fourth-order valence-electron chi connectivity index (χ4n) is 1.75. The molecule has 0 saturated carbocycles. The van der Waals surface area contributed by atoms with E-state index in [2.05, 4.69) is 26.3 Å². The van der Waals surface area contributed by atoms with Crippen molar-refractivity contribution < 1.29 is 9.53 Å². The Labute approximate surface area is 138 Å². The number of nitrogens with one attached hydrogen (secondary N) is 1. The summed E-state index contributed by atoms with van der Waals surface area (Å²) in [4.78, 5) is 13.7. The van der Waals surface area contributed by atoms with Gasteiger partial charge >= 0.3 is 0 Å². The second-order valence-corrected chi connectivity index (χ2v) is 5.86. The fraction of sp³-hybridized carbons (Fsp3) is 0.333. The van der Waals surface area contributed by atoms with Crippen molar-refractivity contribution in [3.63, 3.8) is 0 Å². The Kier molecular flexibility index (Phi) is 5.97. The number of aromatic nitrogens is 2. The Bertz CT molecular complexity index is 613. The quantitative estimate of drug-likeness (QED) is 0.809. The molecule has 0 atom stereocenters. The van der Waals surface area contributed by atoms with Crippen LogP contribution >= 0.6 is 15.9 Å². The van der Waals surface area contributed by atoms with Crippen LogP contribution in [0.15, 0.2) is 41.0 Å². The highest BCUT2D eigenvalue weighted by molar-refractivity contribution is 9.10. The lowest BCUT2D eigenvalue weighted by molar-refractivity contribution is -0.123. The first-order chi connectivity index (χ1) is 10.6. The molecule has 0 bridgehead atoms. The van der Waals surface area contributed by atoms with Gasteiger partial charge in [-0.25, -0.2) is 4.68 Å². The number of carbonyl (C=O) groups is 1. The molecule has 1 N–H and O–H groups in total. The topological polar surface area (TPSA) is 59.4 Å². The maximum absolute atomic E-state index is 11.7. The molecule has 0 aliphatic rings. The Morgan fingerprint density at radius 2 is 2.09 bits per heavy atom. The van der Waals surface area contributed by atoms with Crippen LogP contribution in [0.3, 0.4) is 0 Å². The third kappa shape index (κ3) is 4.85. The van der Waals surface area contributed by atoms with Gasteiger partial charge in [0, 0.05) is 19.3 Å². The molecule has 22 heavy (non-hydrogen) atoms. The molecule has 0 aliphatic heterocycles. The van der Waals surface area contributed by atoms with Crippen LogP contribution in [0.2, 0.25) is 0 Å². The average molecular weight is 367 g/mol. The van der Waals surface area contributed by atoms with Crippen molar-refractivity contribution in [2.24, 2.45) is 0 Å². The first-order valence-electron chi connectivity index (χ1n) is 6.91. The van der Waals surface area contributed by atoms with Gasteiger partial charge in [0.2, 0.25) is 5.88 Å². The molecule has 0 saturated heterocycles. The number of halogens is 1. The smallest absolute Gasteiger partial charge is 0.258 e. The van der Waals surface area contributed by atoms with E-state index in [1.165, 1.54) is 0 Å². The van der Waals surface area contributed by atoms with Crippen LogP contribution in [0, 0.1) is 0 Å². The summed E-state index contributed by atoms with van der Waals surface area (Å²) < 4.78 is 7.86. The third-order valence-electron chi connectivity index (χ3n) is 2.88. The highest BCUT2D eigenvalue weighted by atomic mass is 79.9. The number of carbonyl (C=O) groups excluding carboxylic acids is 1. The summed E-state index contributed by atoms with van der Waals surface area (Å²) in [7, 11) is 3.91. The lowest BCUT2D eigenvalue weighted by Crippen LogP contribution is -2.34. The lowest BCUT2D eigenvalue weighted by Gasteiger charge is -2.10. The summed E-state index contributed by atoms with van der Waals surface area (Å²) >= 11 is 3.39. The summed E-state index contributed by atoms with van der Waals surface area (Å²) in [5.74, 6) is 0.231. The van der Waals surface area contributed by atoms with Gasteiger partial charge in [-0.3, -0.25) is 4.79 Å². The van der Waals surface area contributed by atoms with Crippen LogP contribution < -0.4 is 10.1 Å². The highest BCUT2D eigenvalue weighted by Crippen LogP contribution is 2.24. The first kappa shape index (κ1) is 16.5. The Morgan fingerprint density at radius 1 is 1.36 bits per heavy atom. The Balaban J connectivity index is 1.88. The molecule has 1 heterocycles. The Hall–Kier alpha value is -1.86. The normalized spacial score (nSPS) is 10.7. The molecule has 6 nitrogen and oxygen atoms in total. The van der Waals surface area contributed by atoms with Crippen molar-refractivity contribution in [1.82, 2.24) is 20.0 Å². The molecule has 0 radical (unpaired) electrons. The molecule has 118 valence electrons. The third-order valence-corrected chi connectivity index (χ3v) is 3.42. The zero-order valence-corrected chi connectivity index (χ0v) is 14.2. The van der Waals surface area contributed by atoms with Crippen LogP contribution in [0.4, 0.5) is 0 Å². The summed E-state index contributed by atoms with van der Waals surface area (Å²) in [6.45, 7) is 1.32. The number of ether oxygens (including phenoxy) is 1. The molecule has 0 unspecified atom stereocenters. The van der Waals surface area contributed by atoms with Gasteiger partial charge in [0.1, 0.15) is 0 Å². The maximum atomic E-state index is 11.7. The van der Waals surface area contributed by atoms with Crippen molar-refractivity contribution in [2.75, 3.05) is 33.8 Å². The van der Waals surface area contributed by atoms with E-state index in [0.29, 0.717) is 16.9 Å². The minimum absolute atomic E-state index is 0.0577. The van der Waals surface area contributed by atoms with Crippen LogP contribution in [0.5, 0.6) is 5.88 Å². The summed E-state index contributed by atoms with van der Waals surface area (Å²) in [5.41, 5.74) is 0.925. The molecular weight excluding hydrogens is 348 g/mol. The monoisotopic (exact) mass is 366 g/mol. The van der Waals surface area contributed by atoms with Gasteiger partial charge in [-0.2, -0.15) is 0 Å². The van der Waals surface area contributed by atoms with Crippen LogP contribution in [-0.2, 0) is 4.79 Å². The van der Waals surface area contributed by atoms with Gasteiger partial charge in [0.05, 0.1) is 10.2 Å². The fourth-order valence-corrected chi connectivity index (χ4v) is 2.14. The van der Waals surface area contributed by atoms with E-state index >= 15 is 0 Å². The van der Waals surface area contributed by atoms with Gasteiger partial charge < -0.3 is 15.0 Å². The van der Waals surface area contributed by atoms with Crippen LogP contribution in [-0.4, -0.2) is 54.4 Å². The van der Waals surface area contributed by atoms with E-state index in [1.807, 2.05) is 49.3 Å². The standard InChI is InChI=1S/C15H19BrN4O2/c1-19(2)9-8-17-14(21)11-22-15-13(16)10-20(18-15)12-6-4-3-5-7-12/h3-7,10H,8-9,11H2,1-2H3,(H,17,21). The molecule has 2 aromatic rings. The van der Waals surface area contributed by atoms with E-state index in [4.69, 9.17) is 4.74 Å². The van der Waals surface area contributed by atoms with E-state index in [9.17, 15) is 4.79 Å². The number of para-hydroxylation sites is 1. The van der Waals surface area contributed by atoms with Crippen molar-refractivity contribution in [2.45, 2.75) is 0 Å². The van der Waals surface area contributed by atoms with Crippen molar-refractivity contribution in [1.29, 1.82) is 0 Å². The van der Waals surface area contributed by atoms with E-state index in [1.54, 1.807) is 10.9 Å². The van der Waals surface area contributed by atoms with Gasteiger partial charge in [-0.1, -0.05) is 18.2 Å². The van der Waals surface area contributed by atoms with Crippen molar-refractivity contribution >= 4 is 21.8 Å². The number of rotatable bonds is 7. The molecule has 0 fully saturated rings. The van der Waals surface area contributed by atoms with Crippen LogP contribution in [0.1, 0.15) is 0 Å². The largest absolute Gasteiger partial charge is 0.466 e. The number of amides is 1. The lowest BCUT2D eigenvalue weighted by atomic mass is 10.3. The molecule has 2 rings (SSSR count). The average Bonchev–Trinajstić information content (AvgIpc) is 2.87. The number of hydrogen-bond acceptors (Lipinski definition) is 4. The van der Waals surface area contributed by atoms with Gasteiger partial charge in [-0.05, 0) is 42.2 Å². The molecule has 1 aromatic heterocycles. The van der Waals surface area contributed by atoms with Gasteiger partial charge in [-0.15, -0.1) is 5.10 Å². The zero-order chi connectivity index (χ0) is 15.9. The predicted octanol–water partition coefficient (Wildman–Crippen LogP) is 1.69. The van der Waals surface area contributed by atoms with Crippen LogP contribution in [0.25, 0.3) is 5.69 Å². The number of likely N-dealkylation sites (N-methyl/N-ethyl adjacent to an activating group) is 1. The summed E-state index contributed by atoms with van der Waals surface area (Å²) in [5, 5.41) is 7.11. The first-order valence-corrected chi connectivity index (χ1v) is 7.70. The second kappa shape index (κ2) is 7.95. The molecular formula is C15H19BrN4O2. The van der Waals surface area contributed by atoms with Gasteiger partial charge in [0.15, 0.2) is 6.61 Å². The molecule has 7 heteroatoms. The maximum Gasteiger partial charge on any atom is 0.258 e. The predicted molar refractivity (Wildman–Crippen MR) is 88.3 cm³/mol. The minimum atomic E-state index is -0.164. The number of nitrogens with zero attached hydrogens (tertiary/aromatic N) is 3. The molecule has 0 aliphatic carbocycles. The summed E-state index contributed by atoms with van der Waals surface area (Å²) in [6.07, 6.45) is 1.80. The van der Waals surface area contributed by atoms with E-state index in [-0.39, 0.29) is 12.5 Å². The van der Waals surface area contributed by atoms with Gasteiger partial charge in [0.25, 0.3) is 5.91 Å². The Morgan fingerprint density at radius 3 is 2.77 bits per heavy atom. The number of hydrogen-bond donors (Lipinski definition) is 1. The molecule has 1 amide bonds. The zero-order valence-electron chi connectivity index (χ0n) is 12.6.